The van der Waals surface area contributed by atoms with Crippen LogP contribution >= 0.6 is 126 Å². The molecule has 0 radical (unpaired) electrons. The van der Waals surface area contributed by atoms with Crippen molar-refractivity contribution in [2.24, 2.45) is 0 Å². The maximum absolute atomic E-state index is 2.99. The molecule has 0 saturated heterocycles. The Morgan fingerprint density at radius 2 is 0.456 bits per heavy atom. The second-order valence-corrected chi connectivity index (χ2v) is 73.9. The Hall–Kier alpha value is 0.821. The van der Waals surface area contributed by atoms with Gasteiger partial charge in [0.2, 0.25) is 0 Å². The van der Waals surface area contributed by atoms with Crippen LogP contribution in [0.3, 0.4) is 0 Å². The fraction of sp³-hybridized carbons (Fsp3) is 0.500. The number of unbranched alkanes of at least 4 members (excludes halogenated alkanes) is 8. The molecule has 428 valence electrons. The van der Waals surface area contributed by atoms with E-state index in [1.807, 2.05) is 22.3 Å². The molecule has 8 aromatic rings. The first-order valence-corrected chi connectivity index (χ1v) is 60.1. The summed E-state index contributed by atoms with van der Waals surface area (Å²) in [6, 6.07) is 25.3. The zero-order valence-electron chi connectivity index (χ0n) is 48.9. The minimum atomic E-state index is -2.99. The predicted molar refractivity (Wildman–Crippen MR) is 385 cm³/mol. The fourth-order valence-corrected chi connectivity index (χ4v) is 96.0. The summed E-state index contributed by atoms with van der Waals surface area (Å²) in [5.41, 5.74) is 0. The Bertz CT molecular complexity index is 2720. The van der Waals surface area contributed by atoms with E-state index in [4.69, 9.17) is 0 Å². The molecule has 0 nitrogen and oxygen atoms in total. The van der Waals surface area contributed by atoms with Crippen molar-refractivity contribution < 1.29 is 0 Å². The molecule has 8 rings (SSSR count). The van der Waals surface area contributed by atoms with Gasteiger partial charge in [0.1, 0.15) is 0 Å². The van der Waals surface area contributed by atoms with E-state index in [9.17, 15) is 0 Å². The van der Waals surface area contributed by atoms with Gasteiger partial charge in [0.15, 0.2) is 0 Å². The first-order chi connectivity index (χ1) is 38.8. The first kappa shape index (κ1) is 65.8. The SMILES string of the molecule is CCC[CH2][Ge]([CH2]CCC)([c]1cccs1)[c]1sccc1Sc1ccs[c]1[Ge]([CH2]CCC)([CH2]CCC)[c]1sccc1Sc1ccs[c]1[Ge]([CH2]CCC)([CH2]CCC)[c]1sccc1Sc1ccs[c]1[Ge]([CH2]CCC)([CH2]CCC)[c]1cccs1. The summed E-state index contributed by atoms with van der Waals surface area (Å²) in [7, 11) is 0. The van der Waals surface area contributed by atoms with E-state index in [-0.39, 0.29) is 0 Å². The van der Waals surface area contributed by atoms with Gasteiger partial charge in [-0.1, -0.05) is 0 Å². The third-order valence-electron chi connectivity index (χ3n) is 16.7. The van der Waals surface area contributed by atoms with Crippen LogP contribution in [0, 0.1) is 0 Å². The molecule has 0 amide bonds. The predicted octanol–water partition coefficient (Wildman–Crippen LogP) is 21.3. The van der Waals surface area contributed by atoms with E-state index in [0.29, 0.717) is 0 Å². The van der Waals surface area contributed by atoms with E-state index >= 15 is 0 Å². The van der Waals surface area contributed by atoms with E-state index in [2.05, 4.69) is 285 Å². The Morgan fingerprint density at radius 1 is 0.253 bits per heavy atom. The van der Waals surface area contributed by atoms with Crippen molar-refractivity contribution in [3.8, 4) is 0 Å². The standard InChI is InChI=1S/C64H90Ge4S11/c1-9-17-35-65(36-18-10-2,57-27-25-43-69-57)59-51(29-45-71-59)77-53-31-47-73-61(53)67(39-21-13-5,40-22-14-6)63-55(33-49-75-63)79-56-34-50-76-64(56)68(41-23-15-7,42-24-16-8)62-54(32-48-74-62)78-52-30-46-72-60(52)66(37-19-11-3,38-20-12-4)58-28-26-44-70-58/h25-34,43-50H,9-24,35-42H2,1-8H3. The molecule has 15 heteroatoms. The van der Waals surface area contributed by atoms with Crippen LogP contribution < -0.4 is 29.7 Å². The van der Waals surface area contributed by atoms with Gasteiger partial charge in [-0.3, -0.25) is 0 Å². The van der Waals surface area contributed by atoms with Crippen LogP contribution in [0.15, 0.2) is 133 Å². The first-order valence-electron chi connectivity index (χ1n) is 30.4. The molecular weight excluding hydrogens is 1410 g/mol. The van der Waals surface area contributed by atoms with Crippen molar-refractivity contribution in [2.75, 3.05) is 0 Å². The topological polar surface area (TPSA) is 0 Å². The van der Waals surface area contributed by atoms with Gasteiger partial charge in [-0.25, -0.2) is 0 Å². The molecule has 0 aliphatic heterocycles. The van der Waals surface area contributed by atoms with Crippen LogP contribution in [0.4, 0.5) is 0 Å². The van der Waals surface area contributed by atoms with Gasteiger partial charge in [-0.05, 0) is 0 Å². The van der Waals surface area contributed by atoms with E-state index in [1.54, 1.807) is 36.8 Å². The Labute approximate surface area is 534 Å². The minimum absolute atomic E-state index is 1.27. The second kappa shape index (κ2) is 33.2. The van der Waals surface area contributed by atoms with Crippen LogP contribution in [-0.4, -0.2) is 53.1 Å². The van der Waals surface area contributed by atoms with Crippen molar-refractivity contribution in [3.05, 3.63) is 104 Å². The third kappa shape index (κ3) is 15.2. The maximum atomic E-state index is 2.60. The van der Waals surface area contributed by atoms with Gasteiger partial charge >= 0.3 is 542 Å². The van der Waals surface area contributed by atoms with Crippen molar-refractivity contribution in [1.29, 1.82) is 0 Å². The molecule has 8 aromatic heterocycles. The Balaban J connectivity index is 1.20. The quantitative estimate of drug-likeness (QED) is 0.0354. The van der Waals surface area contributed by atoms with E-state index in [0.717, 1.165) is 0 Å². The van der Waals surface area contributed by atoms with Gasteiger partial charge in [0, 0.05) is 0 Å². The van der Waals surface area contributed by atoms with Gasteiger partial charge in [-0.15, -0.1) is 0 Å². The molecule has 0 atom stereocenters. The average Bonchev–Trinajstić information content (AvgIpc) is 4.53. The summed E-state index contributed by atoms with van der Waals surface area (Å²) < 4.78 is 14.5. The van der Waals surface area contributed by atoms with E-state index in [1.165, 1.54) is 145 Å². The Morgan fingerprint density at radius 3 is 0.646 bits per heavy atom. The average molecular weight is 1500 g/mol. The molecule has 0 aliphatic carbocycles. The van der Waals surface area contributed by atoms with Crippen LogP contribution in [0.2, 0.25) is 42.0 Å². The van der Waals surface area contributed by atoms with Gasteiger partial charge in [0.05, 0.1) is 0 Å². The zero-order chi connectivity index (χ0) is 55.6. The van der Waals surface area contributed by atoms with Crippen molar-refractivity contribution in [2.45, 2.75) is 230 Å². The summed E-state index contributed by atoms with van der Waals surface area (Å²) in [5.74, 6) is 0. The van der Waals surface area contributed by atoms with Gasteiger partial charge < -0.3 is 0 Å². The molecule has 0 aromatic carbocycles. The third-order valence-corrected chi connectivity index (χ3v) is 90.3. The summed E-state index contributed by atoms with van der Waals surface area (Å²) in [6.45, 7) is 19.5. The van der Waals surface area contributed by atoms with Crippen molar-refractivity contribution >= 4 is 209 Å². The number of rotatable bonds is 38. The molecular formula is C64H90Ge4S11. The van der Waals surface area contributed by atoms with Crippen LogP contribution in [-0.2, 0) is 0 Å². The van der Waals surface area contributed by atoms with Gasteiger partial charge in [0.25, 0.3) is 0 Å². The number of hydrogen-bond donors (Lipinski definition) is 0. The zero-order valence-corrected chi connectivity index (χ0v) is 66.2. The molecule has 0 aliphatic rings. The van der Waals surface area contributed by atoms with Crippen LogP contribution in [0.25, 0.3) is 0 Å². The second-order valence-electron chi connectivity index (χ2n) is 22.1. The molecule has 0 saturated carbocycles. The number of thiophene rings is 8. The van der Waals surface area contributed by atoms with Crippen molar-refractivity contribution in [3.63, 3.8) is 0 Å². The monoisotopic (exact) mass is 1510 g/mol. The van der Waals surface area contributed by atoms with Crippen LogP contribution in [0.1, 0.15) is 158 Å². The van der Waals surface area contributed by atoms with Crippen molar-refractivity contribution in [1.82, 2.24) is 0 Å². The molecule has 0 unspecified atom stereocenters. The molecule has 8 heterocycles. The molecule has 0 fully saturated rings. The normalized spacial score (nSPS) is 12.7. The van der Waals surface area contributed by atoms with E-state index < -0.39 is 53.1 Å². The summed E-state index contributed by atoms with van der Waals surface area (Å²) in [6.07, 6.45) is 21.0. The van der Waals surface area contributed by atoms with Crippen LogP contribution in [0.5, 0.6) is 0 Å². The van der Waals surface area contributed by atoms with Gasteiger partial charge in [-0.2, -0.15) is 0 Å². The Kier molecular flexibility index (Phi) is 27.7. The molecule has 79 heavy (non-hydrogen) atoms. The fourth-order valence-electron chi connectivity index (χ4n) is 12.4. The number of hydrogen-bond acceptors (Lipinski definition) is 11. The molecule has 0 N–H and O–H groups in total. The molecule has 0 bridgehead atoms. The summed E-state index contributed by atoms with van der Waals surface area (Å²) in [5, 5.41) is 31.1. The summed E-state index contributed by atoms with van der Waals surface area (Å²) >= 11 is 12.5. The molecule has 0 spiro atoms. The summed E-state index contributed by atoms with van der Waals surface area (Å²) in [4.78, 5) is 9.68.